The maximum absolute atomic E-state index is 13.2. The molecule has 2 aromatic heterocycles. The van der Waals surface area contributed by atoms with Crippen molar-refractivity contribution in [3.8, 4) is 0 Å². The van der Waals surface area contributed by atoms with E-state index in [1.165, 1.54) is 11.2 Å². The molecule has 0 spiro atoms. The summed E-state index contributed by atoms with van der Waals surface area (Å²) in [5.41, 5.74) is 5.12. The van der Waals surface area contributed by atoms with E-state index in [1.807, 2.05) is 26.0 Å². The smallest absolute Gasteiger partial charge is 0.328 e. The fraction of sp³-hybridized carbons (Fsp3) is 0.273. The second kappa shape index (κ2) is 8.77. The van der Waals surface area contributed by atoms with Crippen LogP contribution in [0.1, 0.15) is 46.7 Å². The van der Waals surface area contributed by atoms with Crippen LogP contribution in [-0.2, 0) is 22.6 Å². The third-order valence-electron chi connectivity index (χ3n) is 5.16. The molecular formula is C22H23N3O5. The predicted octanol–water partition coefficient (Wildman–Crippen LogP) is 3.32. The van der Waals surface area contributed by atoms with E-state index >= 15 is 0 Å². The molecule has 3 aromatic rings. The molecular weight excluding hydrogens is 386 g/mol. The molecule has 1 aromatic carbocycles. The Kier molecular flexibility index (Phi) is 6.15. The molecule has 0 saturated carbocycles. The first kappa shape index (κ1) is 21.0. The lowest BCUT2D eigenvalue weighted by atomic mass is 9.92. The van der Waals surface area contributed by atoms with Crippen molar-refractivity contribution in [2.45, 2.75) is 39.2 Å². The van der Waals surface area contributed by atoms with Gasteiger partial charge in [0.1, 0.15) is 0 Å². The van der Waals surface area contributed by atoms with Gasteiger partial charge in [-0.1, -0.05) is 18.2 Å². The quantitative estimate of drug-likeness (QED) is 0.438. The third-order valence-corrected chi connectivity index (χ3v) is 5.16. The molecule has 1 aliphatic heterocycles. The van der Waals surface area contributed by atoms with Gasteiger partial charge in [-0.2, -0.15) is 0 Å². The average molecular weight is 409 g/mol. The SMILES string of the molecule is Cc1[nH]cnc1C(C)C(=O)c1c2n(c3ccccc13)CCC2.O=C(O)/C=C\C(=O)O. The number of rotatable bonds is 5. The number of imidazole rings is 1. The Morgan fingerprint density at radius 3 is 2.43 bits per heavy atom. The summed E-state index contributed by atoms with van der Waals surface area (Å²) >= 11 is 0. The zero-order valence-electron chi connectivity index (χ0n) is 16.8. The van der Waals surface area contributed by atoms with E-state index in [1.54, 1.807) is 6.33 Å². The van der Waals surface area contributed by atoms with E-state index in [-0.39, 0.29) is 11.7 Å². The molecule has 0 saturated heterocycles. The number of aromatic nitrogens is 3. The highest BCUT2D eigenvalue weighted by Crippen LogP contribution is 2.34. The fourth-order valence-electron chi connectivity index (χ4n) is 3.84. The lowest BCUT2D eigenvalue weighted by Gasteiger charge is -2.10. The Morgan fingerprint density at radius 1 is 1.17 bits per heavy atom. The van der Waals surface area contributed by atoms with Crippen molar-refractivity contribution >= 4 is 28.6 Å². The monoisotopic (exact) mass is 409 g/mol. The minimum Gasteiger partial charge on any atom is -0.478 e. The molecule has 0 fully saturated rings. The molecule has 3 heterocycles. The van der Waals surface area contributed by atoms with Gasteiger partial charge in [0.15, 0.2) is 5.78 Å². The number of para-hydroxylation sites is 1. The summed E-state index contributed by atoms with van der Waals surface area (Å²) in [6.07, 6.45) is 4.89. The summed E-state index contributed by atoms with van der Waals surface area (Å²) in [4.78, 5) is 39.7. The molecule has 8 nitrogen and oxygen atoms in total. The Hall–Kier alpha value is -3.68. The van der Waals surface area contributed by atoms with Crippen LogP contribution in [0.2, 0.25) is 0 Å². The fourth-order valence-corrected chi connectivity index (χ4v) is 3.84. The number of aliphatic carboxylic acids is 2. The van der Waals surface area contributed by atoms with Gasteiger partial charge in [0.25, 0.3) is 0 Å². The van der Waals surface area contributed by atoms with Gasteiger partial charge in [0, 0.05) is 46.6 Å². The van der Waals surface area contributed by atoms with Gasteiger partial charge in [0.05, 0.1) is 17.9 Å². The van der Waals surface area contributed by atoms with Gasteiger partial charge in [-0.05, 0) is 32.8 Å². The van der Waals surface area contributed by atoms with Crippen LogP contribution in [-0.4, -0.2) is 42.5 Å². The molecule has 8 heteroatoms. The number of carbonyl (C=O) groups excluding carboxylic acids is 1. The summed E-state index contributed by atoms with van der Waals surface area (Å²) < 4.78 is 2.31. The number of Topliss-reactive ketones (excluding diaryl/α,β-unsaturated/α-hetero) is 1. The number of carboxylic acids is 2. The van der Waals surface area contributed by atoms with Crippen molar-refractivity contribution in [2.24, 2.45) is 0 Å². The van der Waals surface area contributed by atoms with Crippen LogP contribution in [0.25, 0.3) is 10.9 Å². The topological polar surface area (TPSA) is 125 Å². The van der Waals surface area contributed by atoms with Gasteiger partial charge < -0.3 is 19.8 Å². The molecule has 4 rings (SSSR count). The number of ketones is 1. The predicted molar refractivity (Wildman–Crippen MR) is 111 cm³/mol. The van der Waals surface area contributed by atoms with Crippen LogP contribution in [0.5, 0.6) is 0 Å². The van der Waals surface area contributed by atoms with Crippen molar-refractivity contribution in [3.05, 3.63) is 65.4 Å². The molecule has 0 amide bonds. The first-order valence-corrected chi connectivity index (χ1v) is 9.59. The number of nitrogens with zero attached hydrogens (tertiary/aromatic N) is 2. The van der Waals surface area contributed by atoms with Crippen LogP contribution in [0, 0.1) is 6.92 Å². The molecule has 0 radical (unpaired) electrons. The normalized spacial score (nSPS) is 13.7. The van der Waals surface area contributed by atoms with Crippen molar-refractivity contribution < 1.29 is 24.6 Å². The zero-order valence-corrected chi connectivity index (χ0v) is 16.8. The maximum Gasteiger partial charge on any atom is 0.328 e. The number of hydrogen-bond donors (Lipinski definition) is 3. The highest BCUT2D eigenvalue weighted by Gasteiger charge is 2.29. The maximum atomic E-state index is 13.2. The van der Waals surface area contributed by atoms with Gasteiger partial charge in [-0.25, -0.2) is 14.6 Å². The number of H-pyrrole nitrogens is 1. The van der Waals surface area contributed by atoms with E-state index in [0.29, 0.717) is 12.2 Å². The highest BCUT2D eigenvalue weighted by molar-refractivity contribution is 6.12. The molecule has 1 atom stereocenters. The number of fused-ring (bicyclic) bond motifs is 3. The number of nitrogens with one attached hydrogen (secondary N) is 1. The minimum absolute atomic E-state index is 0.182. The van der Waals surface area contributed by atoms with Crippen molar-refractivity contribution in [2.75, 3.05) is 0 Å². The van der Waals surface area contributed by atoms with E-state index in [9.17, 15) is 14.4 Å². The van der Waals surface area contributed by atoms with Crippen LogP contribution < -0.4 is 0 Å². The van der Waals surface area contributed by atoms with Crippen molar-refractivity contribution in [1.29, 1.82) is 0 Å². The second-order valence-corrected chi connectivity index (χ2v) is 7.10. The van der Waals surface area contributed by atoms with Gasteiger partial charge in [0.2, 0.25) is 0 Å². The van der Waals surface area contributed by atoms with Gasteiger partial charge >= 0.3 is 11.9 Å². The minimum atomic E-state index is -1.26. The largest absolute Gasteiger partial charge is 0.478 e. The third kappa shape index (κ3) is 4.17. The molecule has 30 heavy (non-hydrogen) atoms. The second-order valence-electron chi connectivity index (χ2n) is 7.10. The molecule has 1 aliphatic rings. The van der Waals surface area contributed by atoms with Crippen molar-refractivity contribution in [1.82, 2.24) is 14.5 Å². The lowest BCUT2D eigenvalue weighted by Crippen LogP contribution is -2.12. The molecule has 3 N–H and O–H groups in total. The number of benzene rings is 1. The number of hydrogen-bond acceptors (Lipinski definition) is 4. The van der Waals surface area contributed by atoms with Crippen LogP contribution in [0.15, 0.2) is 42.7 Å². The summed E-state index contributed by atoms with van der Waals surface area (Å²) in [5.74, 6) is -2.55. The summed E-state index contributed by atoms with van der Waals surface area (Å²) in [5, 5.41) is 16.7. The first-order valence-electron chi connectivity index (χ1n) is 9.59. The van der Waals surface area contributed by atoms with Gasteiger partial charge in [-0.15, -0.1) is 0 Å². The Labute approximate surface area is 172 Å². The number of carbonyl (C=O) groups is 3. The van der Waals surface area contributed by atoms with E-state index in [0.717, 1.165) is 41.7 Å². The summed E-state index contributed by atoms with van der Waals surface area (Å²) in [6.45, 7) is 4.94. The lowest BCUT2D eigenvalue weighted by molar-refractivity contribution is -0.134. The van der Waals surface area contributed by atoms with Crippen molar-refractivity contribution in [3.63, 3.8) is 0 Å². The van der Waals surface area contributed by atoms with E-state index < -0.39 is 11.9 Å². The molecule has 1 unspecified atom stereocenters. The Balaban J connectivity index is 0.000000275. The van der Waals surface area contributed by atoms with E-state index in [2.05, 4.69) is 26.7 Å². The highest BCUT2D eigenvalue weighted by atomic mass is 16.4. The van der Waals surface area contributed by atoms with Crippen LogP contribution >= 0.6 is 0 Å². The zero-order chi connectivity index (χ0) is 21.8. The number of aromatic amines is 1. The number of aryl methyl sites for hydroxylation is 2. The Morgan fingerprint density at radius 2 is 1.83 bits per heavy atom. The van der Waals surface area contributed by atoms with Crippen LogP contribution in [0.3, 0.4) is 0 Å². The molecule has 156 valence electrons. The molecule has 0 aliphatic carbocycles. The molecule has 0 bridgehead atoms. The van der Waals surface area contributed by atoms with Gasteiger partial charge in [-0.3, -0.25) is 4.79 Å². The van der Waals surface area contributed by atoms with Crippen LogP contribution in [0.4, 0.5) is 0 Å². The number of carboxylic acid groups (broad SMARTS) is 2. The Bertz CT molecular complexity index is 1120. The average Bonchev–Trinajstić information content (AvgIpc) is 3.41. The standard InChI is InChI=1S/C18H19N3O.C4H4O4/c1-11(17-12(2)19-10-20-17)18(22)16-13-6-3-4-7-14(13)21-9-5-8-15(16)21;5-3(6)1-2-4(7)8/h3-4,6-7,10-11H,5,8-9H2,1-2H3,(H,19,20);1-2H,(H,5,6)(H,7,8)/b;2-1-. The van der Waals surface area contributed by atoms with E-state index in [4.69, 9.17) is 10.2 Å². The first-order chi connectivity index (χ1) is 14.3. The summed E-state index contributed by atoms with van der Waals surface area (Å²) in [6, 6.07) is 8.24. The summed E-state index contributed by atoms with van der Waals surface area (Å²) in [7, 11) is 0.